The van der Waals surface area contributed by atoms with Crippen molar-refractivity contribution in [2.75, 3.05) is 0 Å². The minimum atomic E-state index is 0. The molecular weight excluding hydrogens is 1360 g/mol. The van der Waals surface area contributed by atoms with E-state index >= 15 is 0 Å². The van der Waals surface area contributed by atoms with E-state index < -0.39 is 0 Å². The van der Waals surface area contributed by atoms with E-state index in [2.05, 4.69) is 113 Å². The van der Waals surface area contributed by atoms with Crippen LogP contribution in [0.3, 0.4) is 0 Å². The average molecular weight is 1510 g/mol. The summed E-state index contributed by atoms with van der Waals surface area (Å²) in [5, 5.41) is 17.3. The molecule has 0 fully saturated rings. The summed E-state index contributed by atoms with van der Waals surface area (Å²) in [6.07, 6.45) is 85.8. The fraction of sp³-hybridized carbons (Fsp3) is 0.657. The molecule has 0 radical (unpaired) electrons. The van der Waals surface area contributed by atoms with Gasteiger partial charge in [0.2, 0.25) is 11.4 Å². The van der Waals surface area contributed by atoms with Gasteiger partial charge in [0.1, 0.15) is 11.5 Å². The van der Waals surface area contributed by atoms with Crippen LogP contribution in [0.15, 0.2) is 121 Å². The van der Waals surface area contributed by atoms with E-state index in [4.69, 9.17) is 10.2 Å². The van der Waals surface area contributed by atoms with Gasteiger partial charge in [-0.15, -0.1) is 23.7 Å². The largest absolute Gasteiger partial charge is 0.508 e. The fourth-order valence-electron chi connectivity index (χ4n) is 14.3. The van der Waals surface area contributed by atoms with E-state index in [0.29, 0.717) is 11.5 Å². The molecule has 5 rings (SSSR count). The van der Waals surface area contributed by atoms with Crippen molar-refractivity contribution < 1.29 is 35.3 Å². The molecule has 4 nitrogen and oxygen atoms in total. The van der Waals surface area contributed by atoms with E-state index in [9.17, 15) is 5.53 Å². The fourth-order valence-corrected chi connectivity index (χ4v) is 14.3. The summed E-state index contributed by atoms with van der Waals surface area (Å²) in [6.45, 7) is 11.5. The van der Waals surface area contributed by atoms with E-state index in [1.54, 1.807) is 53.2 Å². The monoisotopic (exact) mass is 1510 g/mol. The van der Waals surface area contributed by atoms with Gasteiger partial charge in [0.05, 0.1) is 11.1 Å². The van der Waals surface area contributed by atoms with Crippen LogP contribution in [-0.4, -0.2) is 14.9 Å². The zero-order chi connectivity index (χ0) is 73.6. The molecule has 1 aliphatic heterocycles. The molecule has 4 aromatic rings. The van der Waals surface area contributed by atoms with Crippen LogP contribution < -0.4 is 0 Å². The molecule has 0 atom stereocenters. The molecule has 0 bridgehead atoms. The first-order chi connectivity index (χ1) is 50.9. The van der Waals surface area contributed by atoms with Gasteiger partial charge in [0.25, 0.3) is 0 Å². The third-order valence-electron chi connectivity index (χ3n) is 20.9. The van der Waals surface area contributed by atoms with Crippen LogP contribution in [0.4, 0.5) is 0 Å². The Labute approximate surface area is 657 Å². The number of aryl methyl sites for hydroxylation is 4. The first kappa shape index (κ1) is 95.2. The van der Waals surface area contributed by atoms with Gasteiger partial charge < -0.3 is 15.7 Å². The summed E-state index contributed by atoms with van der Waals surface area (Å²) in [5.74, 6) is 15.0. The Morgan fingerprint density at radius 2 is 0.606 bits per heavy atom. The molecule has 584 valence electrons. The minimum absolute atomic E-state index is 0. The Bertz CT molecular complexity index is 2820. The van der Waals surface area contributed by atoms with Gasteiger partial charge in [-0.05, 0) is 123 Å². The second-order valence-electron chi connectivity index (χ2n) is 30.5. The Hall–Kier alpha value is -4.92. The molecule has 0 saturated heterocycles. The molecule has 104 heavy (non-hydrogen) atoms. The molecule has 4 aromatic carbocycles. The van der Waals surface area contributed by atoms with E-state index in [1.165, 1.54) is 355 Å². The maximum Gasteiger partial charge on any atom is 0.215 e. The maximum atomic E-state index is 12.8. The van der Waals surface area contributed by atoms with Crippen molar-refractivity contribution >= 4 is 11.4 Å². The summed E-state index contributed by atoms with van der Waals surface area (Å²) in [4.78, 5) is 0. The number of phenolic OH excluding ortho intramolecular Hbond substituents is 2. The first-order valence-electron chi connectivity index (χ1n) is 44.1. The number of para-hydroxylation sites is 2. The van der Waals surface area contributed by atoms with E-state index in [1.807, 2.05) is 12.1 Å². The number of allylic oxidation sites excluding steroid dienone is 4. The number of rotatable bonds is 61. The number of unbranched alkanes of at least 4 members (excludes halogenated alkanes) is 49. The third-order valence-corrected chi connectivity index (χ3v) is 20.9. The van der Waals surface area contributed by atoms with Crippen molar-refractivity contribution in [1.82, 2.24) is 0 Å². The van der Waals surface area contributed by atoms with Crippen molar-refractivity contribution in [3.8, 4) is 35.2 Å². The number of nitrogens with zero attached hydrogens (tertiary/aromatic N) is 2. The third kappa shape index (κ3) is 51.4. The topological polar surface area (TPSA) is 65.8 Å². The molecule has 0 saturated carbocycles. The first-order valence-corrected chi connectivity index (χ1v) is 44.1. The van der Waals surface area contributed by atoms with Crippen molar-refractivity contribution in [2.24, 2.45) is 0 Å². The Kier molecular flexibility index (Phi) is 65.0. The van der Waals surface area contributed by atoms with E-state index in [0.717, 1.165) is 80.3 Å². The maximum absolute atomic E-state index is 12.8. The second-order valence-corrected chi connectivity index (χ2v) is 30.5. The summed E-state index contributed by atoms with van der Waals surface area (Å²) in [5.41, 5.74) is 23.4. The molecular formula is C99H156N2O2Pd. The molecule has 1 aliphatic rings. The van der Waals surface area contributed by atoms with Crippen LogP contribution in [0.25, 0.3) is 16.9 Å². The predicted octanol–water partition coefficient (Wildman–Crippen LogP) is 31.9. The van der Waals surface area contributed by atoms with Crippen LogP contribution in [0.1, 0.15) is 428 Å². The predicted molar refractivity (Wildman–Crippen MR) is 454 cm³/mol. The summed E-state index contributed by atoms with van der Waals surface area (Å²) in [6, 6.07) is 31.7. The molecule has 0 aliphatic carbocycles. The molecule has 0 aromatic heterocycles. The SMILES string of the molecule is CCCCCC=CC1=C(c2cc(CCCCCC)ccc2CCC#CCCCCCCCCCCCCCCCCCCCCCC)[N+](=[N-])C(c2cc(CCCCCC)ccc2CCC#CCCCCCCCCCCCCCCCCCCCCCC)=C1.Oc1ccccc1.Oc1ccccc1.[Pd]. The van der Waals surface area contributed by atoms with E-state index in [-0.39, 0.29) is 20.4 Å². The van der Waals surface area contributed by atoms with Crippen LogP contribution in [0.5, 0.6) is 11.5 Å². The van der Waals surface area contributed by atoms with Crippen LogP contribution in [-0.2, 0) is 46.1 Å². The Balaban J connectivity index is 0.00000217. The van der Waals surface area contributed by atoms with Crippen molar-refractivity contribution in [2.45, 2.75) is 420 Å². The van der Waals surface area contributed by atoms with Crippen LogP contribution in [0, 0.1) is 23.7 Å². The van der Waals surface area contributed by atoms with Crippen LogP contribution >= 0.6 is 0 Å². The number of aromatic hydroxyl groups is 2. The molecule has 0 amide bonds. The molecule has 1 heterocycles. The van der Waals surface area contributed by atoms with Gasteiger partial charge in [0.15, 0.2) is 0 Å². The van der Waals surface area contributed by atoms with Crippen LogP contribution in [0.2, 0.25) is 0 Å². The zero-order valence-corrected chi connectivity index (χ0v) is 69.6. The average Bonchev–Trinajstić information content (AvgIpc) is 1.61. The standard InChI is InChI=1S/C87H144N2.2C6H6O.Pd/c1-6-11-16-21-23-25-27-29-31-33-35-37-39-41-43-45-47-49-51-53-55-57-60-64-69-81-74-72-79(67-62-19-14-9-4)76-84(81)86-78-83(71-66-59-18-13-8-3)87(89(86)88)85-77-80(68-63-20-15-10-5)73-75-82(85)70-65-61-58-56-54-52-50-48-46-44-42-40-38-36-34-32-30-28-26-24-22-17-12-7-2;2*7-6-4-2-1-3-5-6;/h66,71-78H,6-56,59,62-65,67-70H2,1-5H3;2*1-5,7H;. The molecule has 5 heteroatoms. The zero-order valence-electron chi connectivity index (χ0n) is 68.0. The van der Waals surface area contributed by atoms with Gasteiger partial charge >= 0.3 is 0 Å². The molecule has 0 spiro atoms. The van der Waals surface area contributed by atoms with Gasteiger partial charge in [-0.25, -0.2) is 4.70 Å². The van der Waals surface area contributed by atoms with Gasteiger partial charge in [-0.2, -0.15) is 0 Å². The normalized spacial score (nSPS) is 11.7. The number of hydrogen-bond acceptors (Lipinski definition) is 2. The molecule has 2 N–H and O–H groups in total. The number of benzene rings is 4. The Morgan fingerprint density at radius 1 is 0.317 bits per heavy atom. The second kappa shape index (κ2) is 71.0. The minimum Gasteiger partial charge on any atom is -0.508 e. The Morgan fingerprint density at radius 3 is 0.933 bits per heavy atom. The van der Waals surface area contributed by atoms with Gasteiger partial charge in [-0.3, -0.25) is 0 Å². The summed E-state index contributed by atoms with van der Waals surface area (Å²) < 4.78 is 1.59. The smallest absolute Gasteiger partial charge is 0.215 e. The number of phenols is 2. The summed E-state index contributed by atoms with van der Waals surface area (Å²) >= 11 is 0. The van der Waals surface area contributed by atoms with Gasteiger partial charge in [0, 0.05) is 57.7 Å². The number of hydrogen-bond donors (Lipinski definition) is 2. The molecule has 0 unspecified atom stereocenters. The van der Waals surface area contributed by atoms with Crippen molar-refractivity contribution in [1.29, 1.82) is 0 Å². The van der Waals surface area contributed by atoms with Gasteiger partial charge in [-0.1, -0.05) is 403 Å². The quantitative estimate of drug-likeness (QED) is 0.0200. The van der Waals surface area contributed by atoms with Crippen molar-refractivity contribution in [3.05, 3.63) is 160 Å². The summed E-state index contributed by atoms with van der Waals surface area (Å²) in [7, 11) is 0. The van der Waals surface area contributed by atoms with Crippen molar-refractivity contribution in [3.63, 3.8) is 0 Å².